The summed E-state index contributed by atoms with van der Waals surface area (Å²) in [6.07, 6.45) is 9.35. The van der Waals surface area contributed by atoms with Crippen LogP contribution in [0.15, 0.2) is 18.3 Å². The van der Waals surface area contributed by atoms with Gasteiger partial charge in [-0.15, -0.1) is 0 Å². The monoisotopic (exact) mass is 310 g/mol. The van der Waals surface area contributed by atoms with E-state index in [0.29, 0.717) is 6.04 Å². The molecule has 4 heteroatoms. The molecule has 0 amide bonds. The average Bonchev–Trinajstić information content (AvgIpc) is 3.14. The second-order valence-corrected chi connectivity index (χ2v) is 7.01. The second kappa shape index (κ2) is 6.08. The van der Waals surface area contributed by atoms with Crippen molar-refractivity contribution in [2.45, 2.75) is 58.0 Å². The van der Waals surface area contributed by atoms with Crippen molar-refractivity contribution in [3.05, 3.63) is 46.8 Å². The molecule has 1 atom stereocenters. The Bertz CT molecular complexity index is 703. The van der Waals surface area contributed by atoms with Crippen LogP contribution < -0.4 is 0 Å². The Kier molecular flexibility index (Phi) is 3.93. The van der Waals surface area contributed by atoms with E-state index in [1.807, 2.05) is 12.3 Å². The zero-order valence-electron chi connectivity index (χ0n) is 14.3. The quantitative estimate of drug-likeness (QED) is 0.872. The third-order valence-electron chi connectivity index (χ3n) is 5.56. The zero-order chi connectivity index (χ0) is 15.8. The minimum atomic E-state index is 0.463. The van der Waals surface area contributed by atoms with Crippen LogP contribution in [-0.2, 0) is 26.4 Å². The summed E-state index contributed by atoms with van der Waals surface area (Å²) in [7, 11) is 2.22. The summed E-state index contributed by atoms with van der Waals surface area (Å²) in [5.41, 5.74) is 5.34. The summed E-state index contributed by atoms with van der Waals surface area (Å²) < 4.78 is 2.40. The molecule has 2 aromatic heterocycles. The molecule has 3 heterocycles. The van der Waals surface area contributed by atoms with E-state index in [4.69, 9.17) is 4.98 Å². The Hall–Kier alpha value is -1.68. The van der Waals surface area contributed by atoms with Crippen LogP contribution in [0.2, 0.25) is 0 Å². The number of fused-ring (bicyclic) bond motifs is 1. The minimum absolute atomic E-state index is 0.463. The molecule has 2 aliphatic rings. The molecule has 0 bridgehead atoms. The number of hydrogen-bond acceptors (Lipinski definition) is 3. The van der Waals surface area contributed by atoms with Crippen molar-refractivity contribution in [1.29, 1.82) is 0 Å². The van der Waals surface area contributed by atoms with Gasteiger partial charge in [-0.3, -0.25) is 9.88 Å². The van der Waals surface area contributed by atoms with Gasteiger partial charge in [0.2, 0.25) is 0 Å². The molecule has 1 saturated heterocycles. The summed E-state index contributed by atoms with van der Waals surface area (Å²) in [5.74, 6) is 1.29. The summed E-state index contributed by atoms with van der Waals surface area (Å²) in [6, 6.07) is 4.72. The fourth-order valence-electron chi connectivity index (χ4n) is 4.22. The average molecular weight is 310 g/mol. The van der Waals surface area contributed by atoms with Gasteiger partial charge in [-0.05, 0) is 63.6 Å². The first-order valence-electron chi connectivity index (χ1n) is 8.93. The molecular formula is C19H26N4. The van der Waals surface area contributed by atoms with Crippen molar-refractivity contribution in [1.82, 2.24) is 19.4 Å². The lowest BCUT2D eigenvalue weighted by atomic mass is 10.0. The van der Waals surface area contributed by atoms with E-state index in [2.05, 4.69) is 34.5 Å². The lowest BCUT2D eigenvalue weighted by molar-refractivity contribution is 0.235. The number of pyridine rings is 1. The topological polar surface area (TPSA) is 34.0 Å². The fourth-order valence-corrected chi connectivity index (χ4v) is 4.22. The molecule has 0 radical (unpaired) electrons. The predicted octanol–water partition coefficient (Wildman–Crippen LogP) is 3.34. The summed E-state index contributed by atoms with van der Waals surface area (Å²) in [6.45, 7) is 4.26. The highest BCUT2D eigenvalue weighted by molar-refractivity contribution is 5.23. The molecular weight excluding hydrogens is 284 g/mol. The van der Waals surface area contributed by atoms with Gasteiger partial charge in [0.15, 0.2) is 0 Å². The van der Waals surface area contributed by atoms with Crippen LogP contribution in [-0.4, -0.2) is 26.0 Å². The molecule has 0 saturated carbocycles. The maximum absolute atomic E-state index is 5.05. The van der Waals surface area contributed by atoms with Gasteiger partial charge in [-0.2, -0.15) is 0 Å². The van der Waals surface area contributed by atoms with E-state index < -0.39 is 0 Å². The van der Waals surface area contributed by atoms with Crippen LogP contribution in [0.25, 0.3) is 0 Å². The van der Waals surface area contributed by atoms with Crippen LogP contribution in [0.3, 0.4) is 0 Å². The molecule has 2 aromatic rings. The Morgan fingerprint density at radius 3 is 2.91 bits per heavy atom. The van der Waals surface area contributed by atoms with E-state index >= 15 is 0 Å². The molecule has 1 aliphatic carbocycles. The molecule has 0 aromatic carbocycles. The first kappa shape index (κ1) is 14.9. The van der Waals surface area contributed by atoms with Gasteiger partial charge in [-0.1, -0.05) is 6.07 Å². The van der Waals surface area contributed by atoms with Gasteiger partial charge in [0.05, 0.1) is 11.7 Å². The molecule has 1 fully saturated rings. The number of imidazole rings is 1. The predicted molar refractivity (Wildman–Crippen MR) is 91.2 cm³/mol. The molecule has 1 aliphatic heterocycles. The van der Waals surface area contributed by atoms with Gasteiger partial charge in [0.1, 0.15) is 5.82 Å². The van der Waals surface area contributed by atoms with Gasteiger partial charge in [0.25, 0.3) is 0 Å². The van der Waals surface area contributed by atoms with Gasteiger partial charge in [0, 0.05) is 31.2 Å². The highest BCUT2D eigenvalue weighted by Gasteiger charge is 2.31. The van der Waals surface area contributed by atoms with E-state index in [1.54, 1.807) is 0 Å². The Balaban J connectivity index is 1.61. The number of rotatable bonds is 3. The Morgan fingerprint density at radius 1 is 1.22 bits per heavy atom. The molecule has 122 valence electrons. The number of nitrogens with zero attached hydrogens (tertiary/aromatic N) is 4. The van der Waals surface area contributed by atoms with Crippen LogP contribution in [0.5, 0.6) is 0 Å². The number of aryl methyl sites for hydroxylation is 2. The van der Waals surface area contributed by atoms with Crippen LogP contribution in [0.1, 0.15) is 60.2 Å². The molecule has 4 rings (SSSR count). The van der Waals surface area contributed by atoms with E-state index in [-0.39, 0.29) is 0 Å². The van der Waals surface area contributed by atoms with Crippen molar-refractivity contribution in [3.8, 4) is 0 Å². The third-order valence-corrected chi connectivity index (χ3v) is 5.56. The normalized spacial score (nSPS) is 21.6. The first-order valence-corrected chi connectivity index (χ1v) is 8.93. The summed E-state index contributed by atoms with van der Waals surface area (Å²) >= 11 is 0. The van der Waals surface area contributed by atoms with Crippen molar-refractivity contribution in [3.63, 3.8) is 0 Å². The Morgan fingerprint density at radius 2 is 2.09 bits per heavy atom. The van der Waals surface area contributed by atoms with Crippen LogP contribution in [0.4, 0.5) is 0 Å². The lowest BCUT2D eigenvalue weighted by Gasteiger charge is -2.25. The minimum Gasteiger partial charge on any atom is -0.334 e. The van der Waals surface area contributed by atoms with Crippen molar-refractivity contribution in [2.75, 3.05) is 6.54 Å². The smallest absolute Gasteiger partial charge is 0.126 e. The fraction of sp³-hybridized carbons (Fsp3) is 0.579. The number of likely N-dealkylation sites (tertiary alicyclic amines) is 1. The highest BCUT2D eigenvalue weighted by Crippen LogP contribution is 2.34. The van der Waals surface area contributed by atoms with E-state index in [1.165, 1.54) is 54.9 Å². The standard InChI is InChI=1S/C19H26N4/c1-14-15(7-5-11-20-14)13-23-12-6-10-18(23)19-21-16-8-3-4-9-17(16)22(19)2/h5,7,11,18H,3-4,6,8-10,12-13H2,1-2H3. The van der Waals surface area contributed by atoms with E-state index in [9.17, 15) is 0 Å². The summed E-state index contributed by atoms with van der Waals surface area (Å²) in [4.78, 5) is 12.1. The summed E-state index contributed by atoms with van der Waals surface area (Å²) in [5, 5.41) is 0. The zero-order valence-corrected chi connectivity index (χ0v) is 14.3. The second-order valence-electron chi connectivity index (χ2n) is 7.01. The molecule has 4 nitrogen and oxygen atoms in total. The van der Waals surface area contributed by atoms with Gasteiger partial charge < -0.3 is 4.57 Å². The van der Waals surface area contributed by atoms with Crippen molar-refractivity contribution in [2.24, 2.45) is 7.05 Å². The SMILES string of the molecule is Cc1ncccc1CN1CCCC1c1nc2c(n1C)CCCC2. The molecule has 0 N–H and O–H groups in total. The maximum Gasteiger partial charge on any atom is 0.126 e. The molecule has 23 heavy (non-hydrogen) atoms. The van der Waals surface area contributed by atoms with Gasteiger partial charge >= 0.3 is 0 Å². The maximum atomic E-state index is 5.05. The lowest BCUT2D eigenvalue weighted by Crippen LogP contribution is -2.25. The van der Waals surface area contributed by atoms with Crippen molar-refractivity contribution >= 4 is 0 Å². The number of hydrogen-bond donors (Lipinski definition) is 0. The highest BCUT2D eigenvalue weighted by atomic mass is 15.2. The number of aromatic nitrogens is 3. The van der Waals surface area contributed by atoms with Crippen molar-refractivity contribution < 1.29 is 0 Å². The van der Waals surface area contributed by atoms with Gasteiger partial charge in [-0.25, -0.2) is 4.98 Å². The Labute approximate surface area is 138 Å². The van der Waals surface area contributed by atoms with Crippen LogP contribution >= 0.6 is 0 Å². The molecule has 1 unspecified atom stereocenters. The first-order chi connectivity index (χ1) is 11.2. The molecule has 0 spiro atoms. The largest absolute Gasteiger partial charge is 0.334 e. The third kappa shape index (κ3) is 2.69. The van der Waals surface area contributed by atoms with Crippen LogP contribution in [0, 0.1) is 6.92 Å². The van der Waals surface area contributed by atoms with E-state index in [0.717, 1.165) is 25.2 Å².